The van der Waals surface area contributed by atoms with E-state index >= 15 is 0 Å². The maximum atomic E-state index is 5.42. The molecular formula is C12H16O2. The van der Waals surface area contributed by atoms with Gasteiger partial charge in [-0.1, -0.05) is 42.5 Å². The van der Waals surface area contributed by atoms with Crippen molar-refractivity contribution >= 4 is 0 Å². The molecule has 2 heteroatoms. The summed E-state index contributed by atoms with van der Waals surface area (Å²) in [6.45, 7) is 1.95. The fraction of sp³-hybridized carbons (Fsp3) is 0.333. The number of hydrogen-bond acceptors (Lipinski definition) is 2. The molecule has 0 aliphatic rings. The Balaban J connectivity index is 2.10. The van der Waals surface area contributed by atoms with Crippen molar-refractivity contribution < 1.29 is 9.47 Å². The molecular weight excluding hydrogens is 176 g/mol. The van der Waals surface area contributed by atoms with Crippen molar-refractivity contribution in [2.24, 2.45) is 0 Å². The minimum atomic E-state index is 0.637. The maximum Gasteiger partial charge on any atom is 0.0721 e. The van der Waals surface area contributed by atoms with Gasteiger partial charge in [-0.15, -0.1) is 0 Å². The van der Waals surface area contributed by atoms with Gasteiger partial charge in [-0.2, -0.15) is 0 Å². The molecule has 14 heavy (non-hydrogen) atoms. The summed E-state index contributed by atoms with van der Waals surface area (Å²) in [7, 11) is 1.68. The Labute approximate surface area is 85.2 Å². The molecule has 0 radical (unpaired) electrons. The van der Waals surface area contributed by atoms with Gasteiger partial charge in [0.25, 0.3) is 0 Å². The van der Waals surface area contributed by atoms with E-state index in [1.165, 1.54) is 5.56 Å². The molecule has 76 valence electrons. The summed E-state index contributed by atoms with van der Waals surface area (Å²) in [6, 6.07) is 10.1. The van der Waals surface area contributed by atoms with Crippen LogP contribution in [0.25, 0.3) is 0 Å². The van der Waals surface area contributed by atoms with E-state index in [0.717, 1.165) is 0 Å². The van der Waals surface area contributed by atoms with E-state index in [1.807, 2.05) is 30.4 Å². The molecule has 1 aromatic rings. The number of rotatable bonds is 6. The Hall–Kier alpha value is -1.12. The molecule has 0 aliphatic heterocycles. The summed E-state index contributed by atoms with van der Waals surface area (Å²) in [6.07, 6.45) is 3.91. The fourth-order valence-electron chi connectivity index (χ4n) is 1.05. The average Bonchev–Trinajstić information content (AvgIpc) is 2.25. The van der Waals surface area contributed by atoms with E-state index in [4.69, 9.17) is 9.47 Å². The second-order valence-corrected chi connectivity index (χ2v) is 2.93. The highest BCUT2D eigenvalue weighted by Gasteiger charge is 1.88. The van der Waals surface area contributed by atoms with Gasteiger partial charge in [0.05, 0.1) is 19.8 Å². The van der Waals surface area contributed by atoms with Crippen LogP contribution in [-0.4, -0.2) is 20.3 Å². The Kier molecular flexibility index (Phi) is 5.71. The molecule has 0 aliphatic carbocycles. The van der Waals surface area contributed by atoms with Crippen LogP contribution < -0.4 is 0 Å². The molecule has 0 aromatic heterocycles. The first kappa shape index (κ1) is 11.0. The van der Waals surface area contributed by atoms with E-state index in [0.29, 0.717) is 19.8 Å². The second kappa shape index (κ2) is 7.30. The molecule has 1 rings (SSSR count). The summed E-state index contributed by atoms with van der Waals surface area (Å²) in [5.74, 6) is 0. The lowest BCUT2D eigenvalue weighted by Crippen LogP contribution is -1.92. The molecule has 0 saturated heterocycles. The smallest absolute Gasteiger partial charge is 0.0721 e. The lowest BCUT2D eigenvalue weighted by molar-refractivity contribution is 0.148. The maximum absolute atomic E-state index is 5.42. The Morgan fingerprint density at radius 1 is 1.07 bits per heavy atom. The van der Waals surface area contributed by atoms with Gasteiger partial charge in [-0.3, -0.25) is 0 Å². The zero-order chi connectivity index (χ0) is 10.1. The van der Waals surface area contributed by atoms with E-state index in [2.05, 4.69) is 12.1 Å². The Bertz CT molecular complexity index is 254. The lowest BCUT2D eigenvalue weighted by atomic mass is 10.2. The van der Waals surface area contributed by atoms with Crippen LogP contribution in [0.1, 0.15) is 5.56 Å². The molecule has 2 nitrogen and oxygen atoms in total. The molecule has 0 bridgehead atoms. The number of benzene rings is 1. The van der Waals surface area contributed by atoms with Gasteiger partial charge < -0.3 is 9.47 Å². The third-order valence-corrected chi connectivity index (χ3v) is 1.76. The predicted octanol–water partition coefficient (Wildman–Crippen LogP) is 2.41. The zero-order valence-corrected chi connectivity index (χ0v) is 8.48. The van der Waals surface area contributed by atoms with Crippen molar-refractivity contribution in [2.75, 3.05) is 20.3 Å². The van der Waals surface area contributed by atoms with Gasteiger partial charge in [0.15, 0.2) is 0 Å². The molecule has 0 heterocycles. The highest BCUT2D eigenvalue weighted by Crippen LogP contribution is 1.99. The van der Waals surface area contributed by atoms with E-state index in [9.17, 15) is 0 Å². The number of methoxy groups -OCH3 is 1. The van der Waals surface area contributed by atoms with Crippen LogP contribution in [0.5, 0.6) is 0 Å². The quantitative estimate of drug-likeness (QED) is 0.509. The molecule has 0 amide bonds. The van der Waals surface area contributed by atoms with Crippen LogP contribution >= 0.6 is 0 Å². The van der Waals surface area contributed by atoms with Gasteiger partial charge in [-0.05, 0) is 5.56 Å². The highest BCUT2D eigenvalue weighted by molar-refractivity contribution is 5.13. The molecule has 0 spiro atoms. The first-order valence-corrected chi connectivity index (χ1v) is 4.69. The topological polar surface area (TPSA) is 18.5 Å². The van der Waals surface area contributed by atoms with Gasteiger partial charge in [0, 0.05) is 7.11 Å². The van der Waals surface area contributed by atoms with Crippen molar-refractivity contribution in [3.05, 3.63) is 48.0 Å². The van der Waals surface area contributed by atoms with Crippen LogP contribution in [-0.2, 0) is 16.1 Å². The van der Waals surface area contributed by atoms with Crippen molar-refractivity contribution in [1.29, 1.82) is 0 Å². The van der Waals surface area contributed by atoms with Gasteiger partial charge in [0.2, 0.25) is 0 Å². The highest BCUT2D eigenvalue weighted by atomic mass is 16.5. The first-order chi connectivity index (χ1) is 6.93. The van der Waals surface area contributed by atoms with Crippen LogP contribution in [0, 0.1) is 0 Å². The van der Waals surface area contributed by atoms with Crippen LogP contribution in [0.2, 0.25) is 0 Å². The summed E-state index contributed by atoms with van der Waals surface area (Å²) in [5.41, 5.74) is 1.20. The van der Waals surface area contributed by atoms with Gasteiger partial charge in [0.1, 0.15) is 0 Å². The summed E-state index contributed by atoms with van der Waals surface area (Å²) >= 11 is 0. The number of hydrogen-bond donors (Lipinski definition) is 0. The minimum absolute atomic E-state index is 0.637. The normalized spacial score (nSPS) is 10.9. The summed E-state index contributed by atoms with van der Waals surface area (Å²) in [4.78, 5) is 0. The Morgan fingerprint density at radius 3 is 2.50 bits per heavy atom. The third kappa shape index (κ3) is 4.80. The predicted molar refractivity (Wildman–Crippen MR) is 57.1 cm³/mol. The number of ether oxygens (including phenoxy) is 2. The monoisotopic (exact) mass is 192 g/mol. The SMILES string of the molecule is COC/C=C\COCc1ccccc1. The minimum Gasteiger partial charge on any atom is -0.381 e. The third-order valence-electron chi connectivity index (χ3n) is 1.76. The lowest BCUT2D eigenvalue weighted by Gasteiger charge is -2.00. The van der Waals surface area contributed by atoms with Crippen LogP contribution in [0.15, 0.2) is 42.5 Å². The average molecular weight is 192 g/mol. The summed E-state index contributed by atoms with van der Waals surface area (Å²) < 4.78 is 10.3. The van der Waals surface area contributed by atoms with E-state index < -0.39 is 0 Å². The van der Waals surface area contributed by atoms with Crippen molar-refractivity contribution in [3.63, 3.8) is 0 Å². The molecule has 0 unspecified atom stereocenters. The van der Waals surface area contributed by atoms with Crippen molar-refractivity contribution in [3.8, 4) is 0 Å². The molecule has 0 fully saturated rings. The van der Waals surface area contributed by atoms with E-state index in [1.54, 1.807) is 7.11 Å². The molecule has 0 atom stereocenters. The Morgan fingerprint density at radius 2 is 1.79 bits per heavy atom. The molecule has 0 saturated carbocycles. The van der Waals surface area contributed by atoms with Gasteiger partial charge in [-0.25, -0.2) is 0 Å². The van der Waals surface area contributed by atoms with Gasteiger partial charge >= 0.3 is 0 Å². The standard InChI is InChI=1S/C12H16O2/c1-13-9-5-6-10-14-11-12-7-3-2-4-8-12/h2-8H,9-11H2,1H3/b6-5-. The second-order valence-electron chi connectivity index (χ2n) is 2.93. The van der Waals surface area contributed by atoms with Crippen molar-refractivity contribution in [1.82, 2.24) is 0 Å². The summed E-state index contributed by atoms with van der Waals surface area (Å²) in [5, 5.41) is 0. The molecule has 0 N–H and O–H groups in total. The first-order valence-electron chi connectivity index (χ1n) is 4.69. The fourth-order valence-corrected chi connectivity index (χ4v) is 1.05. The van der Waals surface area contributed by atoms with Crippen LogP contribution in [0.4, 0.5) is 0 Å². The van der Waals surface area contributed by atoms with Crippen LogP contribution in [0.3, 0.4) is 0 Å². The van der Waals surface area contributed by atoms with E-state index in [-0.39, 0.29) is 0 Å². The van der Waals surface area contributed by atoms with Crippen molar-refractivity contribution in [2.45, 2.75) is 6.61 Å². The largest absolute Gasteiger partial charge is 0.381 e. The molecule has 1 aromatic carbocycles. The zero-order valence-electron chi connectivity index (χ0n) is 8.48.